The number of rotatable bonds is 7. The molecule has 4 aliphatic carbocycles. The quantitative estimate of drug-likeness (QED) is 0.378. The minimum absolute atomic E-state index is 0.336. The summed E-state index contributed by atoms with van der Waals surface area (Å²) in [6.07, 6.45) is 16.6. The summed E-state index contributed by atoms with van der Waals surface area (Å²) in [4.78, 5) is 0. The van der Waals surface area contributed by atoms with E-state index in [1.807, 2.05) is 14.2 Å². The van der Waals surface area contributed by atoms with E-state index in [0.717, 1.165) is 54.3 Å². The fourth-order valence-electron chi connectivity index (χ4n) is 9.80. The smallest absolute Gasteiger partial charge is 0.168 e. The predicted octanol–water partition coefficient (Wildman–Crippen LogP) is 8.10. The highest BCUT2D eigenvalue weighted by Crippen LogP contribution is 2.69. The van der Waals surface area contributed by atoms with Crippen molar-refractivity contribution in [2.45, 2.75) is 117 Å². The first-order valence-electron chi connectivity index (χ1n) is 13.8. The van der Waals surface area contributed by atoms with Gasteiger partial charge in [-0.05, 0) is 97.2 Å². The summed E-state index contributed by atoms with van der Waals surface area (Å²) in [6.45, 7) is 12.7. The van der Waals surface area contributed by atoms with Crippen LogP contribution in [0.5, 0.6) is 0 Å². The van der Waals surface area contributed by atoms with Crippen molar-refractivity contribution in [3.05, 3.63) is 0 Å². The normalized spacial score (nSPS) is 45.1. The molecule has 0 N–H and O–H groups in total. The van der Waals surface area contributed by atoms with Gasteiger partial charge in [0.15, 0.2) is 5.79 Å². The molecular formula is C29H52O2. The van der Waals surface area contributed by atoms with E-state index in [0.29, 0.717) is 10.8 Å². The summed E-state index contributed by atoms with van der Waals surface area (Å²) >= 11 is 0. The van der Waals surface area contributed by atoms with Gasteiger partial charge in [-0.3, -0.25) is 0 Å². The molecule has 4 fully saturated rings. The third-order valence-electron chi connectivity index (χ3n) is 11.5. The van der Waals surface area contributed by atoms with Gasteiger partial charge < -0.3 is 9.47 Å². The molecule has 31 heavy (non-hydrogen) atoms. The van der Waals surface area contributed by atoms with Gasteiger partial charge in [0.05, 0.1) is 0 Å². The maximum Gasteiger partial charge on any atom is 0.168 e. The fourth-order valence-corrected chi connectivity index (χ4v) is 9.80. The van der Waals surface area contributed by atoms with Gasteiger partial charge in [0.25, 0.3) is 0 Å². The number of hydrogen-bond acceptors (Lipinski definition) is 2. The van der Waals surface area contributed by atoms with E-state index in [2.05, 4.69) is 34.6 Å². The molecule has 4 rings (SSSR count). The van der Waals surface area contributed by atoms with Crippen molar-refractivity contribution in [1.82, 2.24) is 0 Å². The lowest BCUT2D eigenvalue weighted by atomic mass is 9.44. The molecule has 2 heteroatoms. The molecule has 0 radical (unpaired) electrons. The SMILES string of the molecule is COC1(OC)CC[C@@H]2CC[C@@H]3[C@H](CC[C@]4(C)[C@@H]([C@H](C)CCCC(C)C)CC[C@@H]34)[C@@]2(C)C1. The lowest BCUT2D eigenvalue weighted by Crippen LogP contribution is -2.57. The molecule has 0 aromatic heterocycles. The zero-order valence-electron chi connectivity index (χ0n) is 21.8. The van der Waals surface area contributed by atoms with Crippen LogP contribution in [0, 0.1) is 52.3 Å². The predicted molar refractivity (Wildman–Crippen MR) is 130 cm³/mol. The Labute approximate surface area is 193 Å². The van der Waals surface area contributed by atoms with Crippen molar-refractivity contribution in [2.75, 3.05) is 14.2 Å². The van der Waals surface area contributed by atoms with E-state index >= 15 is 0 Å². The Balaban J connectivity index is 1.50. The second-order valence-corrected chi connectivity index (χ2v) is 13.2. The Morgan fingerprint density at radius 1 is 0.774 bits per heavy atom. The number of ether oxygens (including phenoxy) is 2. The van der Waals surface area contributed by atoms with Gasteiger partial charge in [-0.15, -0.1) is 0 Å². The van der Waals surface area contributed by atoms with Crippen molar-refractivity contribution < 1.29 is 9.47 Å². The Morgan fingerprint density at radius 2 is 1.48 bits per heavy atom. The summed E-state index contributed by atoms with van der Waals surface area (Å²) in [6, 6.07) is 0. The van der Waals surface area contributed by atoms with Crippen LogP contribution in [0.15, 0.2) is 0 Å². The molecule has 0 heterocycles. The molecule has 8 atom stereocenters. The Bertz CT molecular complexity index is 610. The first-order chi connectivity index (χ1) is 14.7. The van der Waals surface area contributed by atoms with Crippen molar-refractivity contribution >= 4 is 0 Å². The van der Waals surface area contributed by atoms with E-state index in [1.54, 1.807) is 0 Å². The largest absolute Gasteiger partial charge is 0.353 e. The van der Waals surface area contributed by atoms with Gasteiger partial charge >= 0.3 is 0 Å². The summed E-state index contributed by atoms with van der Waals surface area (Å²) in [5.41, 5.74) is 0.991. The zero-order chi connectivity index (χ0) is 22.4. The van der Waals surface area contributed by atoms with Crippen LogP contribution in [0.25, 0.3) is 0 Å². The number of hydrogen-bond donors (Lipinski definition) is 0. The van der Waals surface area contributed by atoms with E-state index in [1.165, 1.54) is 64.2 Å². The molecule has 180 valence electrons. The van der Waals surface area contributed by atoms with Gasteiger partial charge in [-0.25, -0.2) is 0 Å². The maximum atomic E-state index is 6.01. The minimum atomic E-state index is -0.336. The molecule has 0 aliphatic heterocycles. The first-order valence-corrected chi connectivity index (χ1v) is 13.8. The van der Waals surface area contributed by atoms with Crippen LogP contribution in [-0.4, -0.2) is 20.0 Å². The van der Waals surface area contributed by atoms with E-state index in [4.69, 9.17) is 9.47 Å². The minimum Gasteiger partial charge on any atom is -0.353 e. The standard InChI is InChI=1S/C29H52O2/c1-20(2)9-8-10-21(3)24-13-14-25-23-12-11-22-15-18-29(30-6,31-7)19-28(22,5)26(23)16-17-27(24,25)4/h20-26H,8-19H2,1-7H3/t21-,22+,23+,24-,25+,26+,27-,28+/m1/s1. The summed E-state index contributed by atoms with van der Waals surface area (Å²) in [5, 5.41) is 0. The van der Waals surface area contributed by atoms with Gasteiger partial charge in [0, 0.05) is 27.1 Å². The maximum absolute atomic E-state index is 6.01. The van der Waals surface area contributed by atoms with Crippen LogP contribution in [-0.2, 0) is 9.47 Å². The molecular weight excluding hydrogens is 380 g/mol. The van der Waals surface area contributed by atoms with Gasteiger partial charge in [-0.1, -0.05) is 53.9 Å². The molecule has 0 spiro atoms. The highest BCUT2D eigenvalue weighted by atomic mass is 16.7. The van der Waals surface area contributed by atoms with E-state index in [9.17, 15) is 0 Å². The topological polar surface area (TPSA) is 18.5 Å². The van der Waals surface area contributed by atoms with Gasteiger partial charge in [0.1, 0.15) is 0 Å². The average molecular weight is 433 g/mol. The van der Waals surface area contributed by atoms with Crippen molar-refractivity contribution in [2.24, 2.45) is 52.3 Å². The molecule has 2 nitrogen and oxygen atoms in total. The van der Waals surface area contributed by atoms with Crippen LogP contribution >= 0.6 is 0 Å². The average Bonchev–Trinajstić information content (AvgIpc) is 3.09. The van der Waals surface area contributed by atoms with Crippen molar-refractivity contribution in [3.8, 4) is 0 Å². The lowest BCUT2D eigenvalue weighted by molar-refractivity contribution is -0.269. The number of fused-ring (bicyclic) bond motifs is 5. The second kappa shape index (κ2) is 8.94. The Morgan fingerprint density at radius 3 is 2.16 bits per heavy atom. The summed E-state index contributed by atoms with van der Waals surface area (Å²) in [5.74, 6) is 6.04. The number of methoxy groups -OCH3 is 2. The molecule has 0 saturated heterocycles. The van der Waals surface area contributed by atoms with Crippen LogP contribution in [0.4, 0.5) is 0 Å². The van der Waals surface area contributed by atoms with Gasteiger partial charge in [0.2, 0.25) is 0 Å². The summed E-state index contributed by atoms with van der Waals surface area (Å²) in [7, 11) is 3.74. The first kappa shape index (κ1) is 24.1. The third-order valence-corrected chi connectivity index (χ3v) is 11.5. The van der Waals surface area contributed by atoms with E-state index in [-0.39, 0.29) is 5.79 Å². The highest BCUT2D eigenvalue weighted by molar-refractivity contribution is 5.10. The van der Waals surface area contributed by atoms with Crippen LogP contribution in [0.3, 0.4) is 0 Å². The van der Waals surface area contributed by atoms with Crippen molar-refractivity contribution in [3.63, 3.8) is 0 Å². The molecule has 4 saturated carbocycles. The Hall–Kier alpha value is -0.0800. The van der Waals surface area contributed by atoms with Crippen LogP contribution in [0.1, 0.15) is 112 Å². The summed E-state index contributed by atoms with van der Waals surface area (Å²) < 4.78 is 12.0. The third kappa shape index (κ3) is 4.05. The van der Waals surface area contributed by atoms with Crippen LogP contribution < -0.4 is 0 Å². The highest BCUT2D eigenvalue weighted by Gasteiger charge is 2.62. The van der Waals surface area contributed by atoms with Gasteiger partial charge in [-0.2, -0.15) is 0 Å². The molecule has 0 bridgehead atoms. The molecule has 0 unspecified atom stereocenters. The van der Waals surface area contributed by atoms with Crippen LogP contribution in [0.2, 0.25) is 0 Å². The lowest BCUT2D eigenvalue weighted by Gasteiger charge is -2.62. The monoisotopic (exact) mass is 432 g/mol. The molecule has 0 aromatic carbocycles. The van der Waals surface area contributed by atoms with E-state index < -0.39 is 0 Å². The second-order valence-electron chi connectivity index (χ2n) is 13.2. The van der Waals surface area contributed by atoms with Crippen molar-refractivity contribution in [1.29, 1.82) is 0 Å². The fraction of sp³-hybridized carbons (Fsp3) is 1.00. The Kier molecular flexibility index (Phi) is 6.93. The molecule has 0 aromatic rings. The molecule has 4 aliphatic rings. The zero-order valence-corrected chi connectivity index (χ0v) is 21.8. The molecule has 0 amide bonds.